The van der Waals surface area contributed by atoms with Crippen LogP contribution >= 0.6 is 0 Å². The van der Waals surface area contributed by atoms with Crippen LogP contribution in [0.15, 0.2) is 53.3 Å². The molecule has 0 spiro atoms. The Morgan fingerprint density at radius 1 is 1.16 bits per heavy atom. The molecule has 1 amide bonds. The Labute approximate surface area is 140 Å². The van der Waals surface area contributed by atoms with E-state index in [1.54, 1.807) is 0 Å². The summed E-state index contributed by atoms with van der Waals surface area (Å²) >= 11 is 0. The number of halogens is 2. The third-order valence-electron chi connectivity index (χ3n) is 3.82. The zero-order chi connectivity index (χ0) is 18.0. The van der Waals surface area contributed by atoms with Gasteiger partial charge in [-0.15, -0.1) is 0 Å². The summed E-state index contributed by atoms with van der Waals surface area (Å²) in [5, 5.41) is 12.1. The molecule has 0 aliphatic rings. The lowest BCUT2D eigenvalue weighted by atomic mass is 10.1. The van der Waals surface area contributed by atoms with Gasteiger partial charge in [-0.3, -0.25) is 9.59 Å². The molecule has 0 aliphatic carbocycles. The summed E-state index contributed by atoms with van der Waals surface area (Å²) < 4.78 is 26.9. The molecule has 3 aromatic rings. The number of rotatable bonds is 4. The van der Waals surface area contributed by atoms with Gasteiger partial charge in [-0.05, 0) is 29.8 Å². The second-order valence-corrected chi connectivity index (χ2v) is 5.47. The minimum absolute atomic E-state index is 0.0671. The largest absolute Gasteiger partial charge is 0.394 e. The number of aliphatic hydroxyl groups is 1. The number of H-pyrrole nitrogens is 1. The highest BCUT2D eigenvalue weighted by atomic mass is 19.1. The van der Waals surface area contributed by atoms with E-state index in [1.165, 1.54) is 42.5 Å². The molecule has 0 fully saturated rings. The highest BCUT2D eigenvalue weighted by Crippen LogP contribution is 2.15. The van der Waals surface area contributed by atoms with E-state index in [2.05, 4.69) is 10.3 Å². The Hall–Kier alpha value is -3.06. The molecule has 25 heavy (non-hydrogen) atoms. The zero-order valence-electron chi connectivity index (χ0n) is 12.9. The fraction of sp³-hybridized carbons (Fsp3) is 0.111. The van der Waals surface area contributed by atoms with Gasteiger partial charge in [0, 0.05) is 11.5 Å². The normalized spacial score (nSPS) is 12.1. The first-order chi connectivity index (χ1) is 12.0. The Kier molecular flexibility index (Phi) is 4.58. The SMILES string of the molecule is O=C(N[C@H](CO)c1ccc(F)cc1)c1cc(=O)c2cccc(F)c2[nH]1. The predicted molar refractivity (Wildman–Crippen MR) is 88.2 cm³/mol. The van der Waals surface area contributed by atoms with E-state index in [4.69, 9.17) is 0 Å². The standard InChI is InChI=1S/C18H14F2N2O3/c19-11-6-4-10(5-7-11)15(9-23)22-18(25)14-8-16(24)12-2-1-3-13(20)17(12)21-14/h1-8,15,23H,9H2,(H,21,24)(H,22,25)/t15-/m1/s1. The van der Waals surface area contributed by atoms with E-state index in [-0.39, 0.29) is 16.6 Å². The van der Waals surface area contributed by atoms with Crippen molar-refractivity contribution < 1.29 is 18.7 Å². The van der Waals surface area contributed by atoms with Crippen molar-refractivity contribution in [2.45, 2.75) is 6.04 Å². The van der Waals surface area contributed by atoms with E-state index in [0.29, 0.717) is 5.56 Å². The molecule has 0 saturated carbocycles. The summed E-state index contributed by atoms with van der Waals surface area (Å²) in [6, 6.07) is 9.57. The van der Waals surface area contributed by atoms with Crippen molar-refractivity contribution in [3.8, 4) is 0 Å². The number of carbonyl (C=O) groups excluding carboxylic acids is 1. The van der Waals surface area contributed by atoms with Crippen molar-refractivity contribution in [1.82, 2.24) is 10.3 Å². The number of pyridine rings is 1. The van der Waals surface area contributed by atoms with Gasteiger partial charge in [-0.25, -0.2) is 8.78 Å². The predicted octanol–water partition coefficient (Wildman–Crippen LogP) is 2.27. The van der Waals surface area contributed by atoms with E-state index in [0.717, 1.165) is 6.07 Å². The number of aromatic nitrogens is 1. The fourth-order valence-electron chi connectivity index (χ4n) is 2.52. The third kappa shape index (κ3) is 3.41. The lowest BCUT2D eigenvalue weighted by molar-refractivity contribution is 0.0911. The van der Waals surface area contributed by atoms with E-state index >= 15 is 0 Å². The molecule has 0 radical (unpaired) electrons. The fourth-order valence-corrected chi connectivity index (χ4v) is 2.52. The summed E-state index contributed by atoms with van der Waals surface area (Å²) in [5.74, 6) is -1.78. The molecule has 1 atom stereocenters. The molecule has 1 aromatic heterocycles. The molecule has 128 valence electrons. The Morgan fingerprint density at radius 2 is 1.88 bits per heavy atom. The Morgan fingerprint density at radius 3 is 2.56 bits per heavy atom. The van der Waals surface area contributed by atoms with Crippen molar-refractivity contribution in [3.05, 3.63) is 81.6 Å². The molecule has 3 N–H and O–H groups in total. The number of para-hydroxylation sites is 1. The molecule has 0 bridgehead atoms. The summed E-state index contributed by atoms with van der Waals surface area (Å²) in [4.78, 5) is 27.0. The molecule has 7 heteroatoms. The van der Waals surface area contributed by atoms with Gasteiger partial charge < -0.3 is 15.4 Å². The van der Waals surface area contributed by atoms with Gasteiger partial charge in [0.25, 0.3) is 5.91 Å². The molecule has 0 aliphatic heterocycles. The number of hydrogen-bond donors (Lipinski definition) is 3. The van der Waals surface area contributed by atoms with Gasteiger partial charge >= 0.3 is 0 Å². The van der Waals surface area contributed by atoms with Crippen molar-refractivity contribution in [3.63, 3.8) is 0 Å². The Bertz CT molecular complexity index is 984. The van der Waals surface area contributed by atoms with Crippen LogP contribution in [0.2, 0.25) is 0 Å². The molecular weight excluding hydrogens is 330 g/mol. The van der Waals surface area contributed by atoms with E-state index < -0.39 is 35.6 Å². The molecule has 0 saturated heterocycles. The van der Waals surface area contributed by atoms with Crippen LogP contribution in [-0.2, 0) is 0 Å². The minimum atomic E-state index is -0.798. The molecule has 0 unspecified atom stereocenters. The van der Waals surface area contributed by atoms with Gasteiger partial charge in [-0.2, -0.15) is 0 Å². The van der Waals surface area contributed by atoms with Crippen LogP contribution in [0.5, 0.6) is 0 Å². The van der Waals surface area contributed by atoms with Crippen LogP contribution in [0.25, 0.3) is 10.9 Å². The minimum Gasteiger partial charge on any atom is -0.394 e. The van der Waals surface area contributed by atoms with Gasteiger partial charge in [0.15, 0.2) is 5.43 Å². The summed E-state index contributed by atoms with van der Waals surface area (Å²) in [5.41, 5.74) is -0.210. The first kappa shape index (κ1) is 16.8. The van der Waals surface area contributed by atoms with Gasteiger partial charge in [0.2, 0.25) is 0 Å². The summed E-state index contributed by atoms with van der Waals surface area (Å²) in [6.45, 7) is -0.427. The lowest BCUT2D eigenvalue weighted by Gasteiger charge is -2.17. The molecular formula is C18H14F2N2O3. The number of benzene rings is 2. The number of amides is 1. The molecule has 2 aromatic carbocycles. The first-order valence-electron chi connectivity index (χ1n) is 7.48. The second kappa shape index (κ2) is 6.82. The number of carbonyl (C=O) groups is 1. The Balaban J connectivity index is 1.92. The lowest BCUT2D eigenvalue weighted by Crippen LogP contribution is -2.32. The number of aromatic amines is 1. The van der Waals surface area contributed by atoms with Crippen molar-refractivity contribution in [2.75, 3.05) is 6.61 Å². The molecule has 5 nitrogen and oxygen atoms in total. The third-order valence-corrected chi connectivity index (χ3v) is 3.82. The van der Waals surface area contributed by atoms with Crippen LogP contribution in [0.3, 0.4) is 0 Å². The average Bonchev–Trinajstić information content (AvgIpc) is 2.61. The van der Waals surface area contributed by atoms with Gasteiger partial charge in [0.05, 0.1) is 18.2 Å². The van der Waals surface area contributed by atoms with E-state index in [1.807, 2.05) is 0 Å². The second-order valence-electron chi connectivity index (χ2n) is 5.47. The van der Waals surface area contributed by atoms with Crippen LogP contribution in [-0.4, -0.2) is 22.6 Å². The quantitative estimate of drug-likeness (QED) is 0.679. The van der Waals surface area contributed by atoms with Crippen molar-refractivity contribution in [1.29, 1.82) is 0 Å². The maximum atomic E-state index is 13.9. The highest BCUT2D eigenvalue weighted by molar-refractivity contribution is 5.95. The van der Waals surface area contributed by atoms with Crippen LogP contribution in [0.1, 0.15) is 22.1 Å². The topological polar surface area (TPSA) is 82.2 Å². The maximum absolute atomic E-state index is 13.9. The van der Waals surface area contributed by atoms with Crippen LogP contribution in [0.4, 0.5) is 8.78 Å². The molecule has 1 heterocycles. The summed E-state index contributed by atoms with van der Waals surface area (Å²) in [7, 11) is 0. The zero-order valence-corrected chi connectivity index (χ0v) is 12.9. The summed E-state index contributed by atoms with van der Waals surface area (Å²) in [6.07, 6.45) is 0. The van der Waals surface area contributed by atoms with Gasteiger partial charge in [0.1, 0.15) is 17.3 Å². The average molecular weight is 344 g/mol. The van der Waals surface area contributed by atoms with Crippen LogP contribution in [0, 0.1) is 11.6 Å². The van der Waals surface area contributed by atoms with Crippen molar-refractivity contribution in [2.24, 2.45) is 0 Å². The highest BCUT2D eigenvalue weighted by Gasteiger charge is 2.17. The first-order valence-corrected chi connectivity index (χ1v) is 7.48. The van der Waals surface area contributed by atoms with Gasteiger partial charge in [-0.1, -0.05) is 18.2 Å². The smallest absolute Gasteiger partial charge is 0.268 e. The number of aliphatic hydroxyl groups excluding tert-OH is 1. The number of fused-ring (bicyclic) bond motifs is 1. The molecule has 3 rings (SSSR count). The maximum Gasteiger partial charge on any atom is 0.268 e. The van der Waals surface area contributed by atoms with Crippen LogP contribution < -0.4 is 10.7 Å². The number of hydrogen-bond acceptors (Lipinski definition) is 3. The van der Waals surface area contributed by atoms with Crippen molar-refractivity contribution >= 4 is 16.8 Å². The van der Waals surface area contributed by atoms with E-state index in [9.17, 15) is 23.5 Å². The monoisotopic (exact) mass is 344 g/mol. The number of nitrogens with one attached hydrogen (secondary N) is 2.